The number of carbonyl (C=O) groups is 3. The first-order chi connectivity index (χ1) is 14.5. The summed E-state index contributed by atoms with van der Waals surface area (Å²) in [5.74, 6) is -0.996. The van der Waals surface area contributed by atoms with Crippen molar-refractivity contribution in [3.05, 3.63) is 51.3 Å². The third-order valence-corrected chi connectivity index (χ3v) is 5.78. The molecule has 0 radical (unpaired) electrons. The fourth-order valence-corrected chi connectivity index (χ4v) is 4.17. The van der Waals surface area contributed by atoms with Gasteiger partial charge in [-0.3, -0.25) is 20.0 Å². The maximum Gasteiger partial charge on any atom is 0.417 e. The third-order valence-electron chi connectivity index (χ3n) is 5.47. The smallest absolute Gasteiger partial charge is 0.334 e. The first kappa shape index (κ1) is 21.2. The highest BCUT2D eigenvalue weighted by molar-refractivity contribution is 6.31. The molecule has 1 fully saturated rings. The Balaban J connectivity index is 1.50. The SMILES string of the molecule is Cc1cc(C2(CCC(=O)N3Cc4cc(Cl)c(C(F)(F)F)cc4C3)NC(=O)NC2=O)n[nH]1. The van der Waals surface area contributed by atoms with Crippen LogP contribution in [0.4, 0.5) is 18.0 Å². The zero-order valence-corrected chi connectivity index (χ0v) is 16.9. The lowest BCUT2D eigenvalue weighted by Gasteiger charge is -2.25. The van der Waals surface area contributed by atoms with Crippen LogP contribution in [0.1, 0.15) is 40.9 Å². The minimum atomic E-state index is -4.59. The van der Waals surface area contributed by atoms with E-state index in [2.05, 4.69) is 20.8 Å². The second kappa shape index (κ2) is 7.26. The fourth-order valence-electron chi connectivity index (χ4n) is 3.88. The van der Waals surface area contributed by atoms with E-state index >= 15 is 0 Å². The van der Waals surface area contributed by atoms with Crippen LogP contribution in [0.25, 0.3) is 0 Å². The van der Waals surface area contributed by atoms with Crippen LogP contribution >= 0.6 is 11.6 Å². The Bertz CT molecular complexity index is 1100. The molecule has 1 aromatic heterocycles. The van der Waals surface area contributed by atoms with Crippen molar-refractivity contribution >= 4 is 29.4 Å². The molecule has 8 nitrogen and oxygen atoms in total. The predicted octanol–water partition coefficient (Wildman–Crippen LogP) is 2.75. The number of carbonyl (C=O) groups excluding carboxylic acids is 3. The monoisotopic (exact) mass is 455 g/mol. The van der Waals surface area contributed by atoms with Gasteiger partial charge in [0.05, 0.1) is 16.3 Å². The number of halogens is 4. The van der Waals surface area contributed by atoms with Gasteiger partial charge in [-0.1, -0.05) is 11.6 Å². The average Bonchev–Trinajstić information content (AvgIpc) is 3.35. The molecule has 0 spiro atoms. The molecule has 1 atom stereocenters. The van der Waals surface area contributed by atoms with Gasteiger partial charge in [0.1, 0.15) is 0 Å². The molecule has 1 saturated heterocycles. The molecule has 4 rings (SSSR count). The third kappa shape index (κ3) is 3.73. The van der Waals surface area contributed by atoms with Crippen LogP contribution in [0.3, 0.4) is 0 Å². The number of alkyl halides is 3. The highest BCUT2D eigenvalue weighted by atomic mass is 35.5. The Labute approximate surface area is 179 Å². The van der Waals surface area contributed by atoms with Gasteiger partial charge in [-0.05, 0) is 42.7 Å². The zero-order valence-electron chi connectivity index (χ0n) is 16.2. The quantitative estimate of drug-likeness (QED) is 0.616. The van der Waals surface area contributed by atoms with E-state index < -0.39 is 34.2 Å². The van der Waals surface area contributed by atoms with Crippen molar-refractivity contribution in [2.75, 3.05) is 0 Å². The topological polar surface area (TPSA) is 107 Å². The predicted molar refractivity (Wildman–Crippen MR) is 102 cm³/mol. The van der Waals surface area contributed by atoms with Gasteiger partial charge >= 0.3 is 12.2 Å². The normalized spacial score (nSPS) is 20.6. The number of nitrogens with one attached hydrogen (secondary N) is 3. The van der Waals surface area contributed by atoms with E-state index in [4.69, 9.17) is 11.6 Å². The largest absolute Gasteiger partial charge is 0.417 e. The lowest BCUT2D eigenvalue weighted by Crippen LogP contribution is -2.45. The molecule has 4 amide bonds. The number of amides is 4. The first-order valence-corrected chi connectivity index (χ1v) is 9.70. The number of imide groups is 1. The molecule has 2 aromatic rings. The number of H-pyrrole nitrogens is 1. The summed E-state index contributed by atoms with van der Waals surface area (Å²) in [6, 6.07) is 3.10. The Morgan fingerprint density at radius 3 is 2.45 bits per heavy atom. The molecular weight excluding hydrogens is 439 g/mol. The molecule has 164 valence electrons. The summed E-state index contributed by atoms with van der Waals surface area (Å²) in [4.78, 5) is 38.5. The van der Waals surface area contributed by atoms with Gasteiger partial charge in [0.15, 0.2) is 5.54 Å². The van der Waals surface area contributed by atoms with Crippen LogP contribution in [-0.2, 0) is 34.4 Å². The van der Waals surface area contributed by atoms with Crippen LogP contribution in [0, 0.1) is 6.92 Å². The maximum absolute atomic E-state index is 13.1. The van der Waals surface area contributed by atoms with Gasteiger partial charge in [-0.2, -0.15) is 18.3 Å². The summed E-state index contributed by atoms with van der Waals surface area (Å²) in [5.41, 5.74) is -0.600. The van der Waals surface area contributed by atoms with Crippen molar-refractivity contribution in [3.8, 4) is 0 Å². The molecule has 0 aliphatic carbocycles. The number of hydrogen-bond acceptors (Lipinski definition) is 4. The van der Waals surface area contributed by atoms with E-state index in [1.807, 2.05) is 0 Å². The molecule has 0 saturated carbocycles. The first-order valence-electron chi connectivity index (χ1n) is 9.32. The van der Waals surface area contributed by atoms with Crippen molar-refractivity contribution in [1.82, 2.24) is 25.7 Å². The van der Waals surface area contributed by atoms with Crippen LogP contribution in [-0.4, -0.2) is 32.9 Å². The molecule has 3 heterocycles. The zero-order chi connectivity index (χ0) is 22.6. The van der Waals surface area contributed by atoms with Crippen molar-refractivity contribution in [2.24, 2.45) is 0 Å². The Hall–Kier alpha value is -3.08. The van der Waals surface area contributed by atoms with Crippen LogP contribution in [0.15, 0.2) is 18.2 Å². The number of aryl methyl sites for hydroxylation is 1. The molecule has 2 aliphatic rings. The second-order valence-electron chi connectivity index (χ2n) is 7.60. The minimum Gasteiger partial charge on any atom is -0.334 e. The number of benzene rings is 1. The average molecular weight is 456 g/mol. The number of aromatic nitrogens is 2. The van der Waals surface area contributed by atoms with Crippen molar-refractivity contribution in [1.29, 1.82) is 0 Å². The summed E-state index contributed by atoms with van der Waals surface area (Å²) in [7, 11) is 0. The van der Waals surface area contributed by atoms with Gasteiger partial charge in [-0.25, -0.2) is 4.79 Å². The van der Waals surface area contributed by atoms with Gasteiger partial charge in [0.25, 0.3) is 5.91 Å². The highest BCUT2D eigenvalue weighted by Gasteiger charge is 2.49. The van der Waals surface area contributed by atoms with Crippen molar-refractivity contribution < 1.29 is 27.6 Å². The summed E-state index contributed by atoms with van der Waals surface area (Å²) >= 11 is 5.77. The van der Waals surface area contributed by atoms with E-state index in [9.17, 15) is 27.6 Å². The lowest BCUT2D eigenvalue weighted by atomic mass is 9.89. The number of hydrogen-bond donors (Lipinski definition) is 3. The second-order valence-corrected chi connectivity index (χ2v) is 8.01. The Morgan fingerprint density at radius 2 is 1.90 bits per heavy atom. The number of aromatic amines is 1. The number of urea groups is 1. The van der Waals surface area contributed by atoms with Gasteiger partial charge in [0, 0.05) is 25.2 Å². The van der Waals surface area contributed by atoms with Crippen LogP contribution in [0.2, 0.25) is 5.02 Å². The standard InChI is InChI=1S/C19H17ClF3N5O3/c1-9-4-14(27-26-9)18(16(30)24-17(31)25-18)3-2-15(29)28-7-10-5-12(19(21,22)23)13(20)6-11(10)8-28/h4-6H,2-3,7-8H2,1H3,(H,26,27)(H2,24,25,30,31). The van der Waals surface area contributed by atoms with Crippen molar-refractivity contribution in [3.63, 3.8) is 0 Å². The molecule has 31 heavy (non-hydrogen) atoms. The minimum absolute atomic E-state index is 0.00147. The van der Waals surface area contributed by atoms with E-state index in [1.165, 1.54) is 11.0 Å². The fraction of sp³-hybridized carbons (Fsp3) is 0.368. The molecule has 3 N–H and O–H groups in total. The number of rotatable bonds is 4. The van der Waals surface area contributed by atoms with E-state index in [0.717, 1.165) is 6.07 Å². The van der Waals surface area contributed by atoms with Crippen molar-refractivity contribution in [2.45, 2.75) is 44.6 Å². The molecule has 1 aromatic carbocycles. The summed E-state index contributed by atoms with van der Waals surface area (Å²) in [5, 5.41) is 11.0. The molecule has 0 bridgehead atoms. The summed E-state index contributed by atoms with van der Waals surface area (Å²) in [6.07, 6.45) is -4.78. The molecule has 12 heteroatoms. The molecule has 2 aliphatic heterocycles. The van der Waals surface area contributed by atoms with Gasteiger partial charge in [-0.15, -0.1) is 0 Å². The Morgan fingerprint density at radius 1 is 1.23 bits per heavy atom. The summed E-state index contributed by atoms with van der Waals surface area (Å²) in [6.45, 7) is 1.84. The van der Waals surface area contributed by atoms with Crippen LogP contribution < -0.4 is 10.6 Å². The van der Waals surface area contributed by atoms with Gasteiger partial charge < -0.3 is 10.2 Å². The lowest BCUT2D eigenvalue weighted by molar-refractivity contribution is -0.137. The Kier molecular flexibility index (Phi) is 4.95. The number of fused-ring (bicyclic) bond motifs is 1. The highest BCUT2D eigenvalue weighted by Crippen LogP contribution is 2.39. The van der Waals surface area contributed by atoms with E-state index in [-0.39, 0.29) is 37.5 Å². The van der Waals surface area contributed by atoms with Gasteiger partial charge in [0.2, 0.25) is 5.91 Å². The maximum atomic E-state index is 13.1. The van der Waals surface area contributed by atoms with E-state index in [1.54, 1.807) is 13.0 Å². The number of nitrogens with zero attached hydrogens (tertiary/aromatic N) is 2. The van der Waals surface area contributed by atoms with Crippen LogP contribution in [0.5, 0.6) is 0 Å². The molecular formula is C19H17ClF3N5O3. The summed E-state index contributed by atoms with van der Waals surface area (Å²) < 4.78 is 39.3. The van der Waals surface area contributed by atoms with E-state index in [0.29, 0.717) is 16.8 Å². The molecule has 1 unspecified atom stereocenters.